The SMILES string of the molecule is Cc1cc(C2CCC2)oc(=O)c1C(=O)N1CCC(C(=O)N2CCCC2)CC1. The summed E-state index contributed by atoms with van der Waals surface area (Å²) in [5, 5.41) is 0. The summed E-state index contributed by atoms with van der Waals surface area (Å²) in [5.74, 6) is 1.03. The Morgan fingerprint density at radius 3 is 2.19 bits per heavy atom. The number of nitrogens with zero attached hydrogens (tertiary/aromatic N) is 2. The van der Waals surface area contributed by atoms with Crippen LogP contribution in [0.15, 0.2) is 15.3 Å². The molecular weight excluding hydrogens is 344 g/mol. The lowest BCUT2D eigenvalue weighted by molar-refractivity contribution is -0.135. The maximum atomic E-state index is 12.9. The van der Waals surface area contributed by atoms with Crippen molar-refractivity contribution >= 4 is 11.8 Å². The fourth-order valence-corrected chi connectivity index (χ4v) is 4.47. The van der Waals surface area contributed by atoms with E-state index in [2.05, 4.69) is 0 Å². The van der Waals surface area contributed by atoms with Gasteiger partial charge in [0.05, 0.1) is 0 Å². The van der Waals surface area contributed by atoms with Crippen molar-refractivity contribution in [1.82, 2.24) is 9.80 Å². The van der Waals surface area contributed by atoms with Crippen LogP contribution in [-0.4, -0.2) is 47.8 Å². The van der Waals surface area contributed by atoms with Gasteiger partial charge in [0.15, 0.2) is 0 Å². The van der Waals surface area contributed by atoms with E-state index in [1.807, 2.05) is 17.9 Å². The first-order valence-electron chi connectivity index (χ1n) is 10.3. The fraction of sp³-hybridized carbons (Fsp3) is 0.667. The van der Waals surface area contributed by atoms with Gasteiger partial charge in [-0.25, -0.2) is 4.79 Å². The fourth-order valence-electron chi connectivity index (χ4n) is 4.47. The number of piperidine rings is 1. The molecule has 0 atom stereocenters. The number of hydrogen-bond acceptors (Lipinski definition) is 4. The zero-order valence-corrected chi connectivity index (χ0v) is 16.0. The highest BCUT2D eigenvalue weighted by atomic mass is 16.4. The van der Waals surface area contributed by atoms with E-state index >= 15 is 0 Å². The standard InChI is InChI=1S/C21H28N2O4/c1-14-13-17(15-5-4-6-15)27-21(26)18(14)20(25)23-11-7-16(8-12-23)19(24)22-9-2-3-10-22/h13,15-16H,2-12H2,1H3. The highest BCUT2D eigenvalue weighted by Gasteiger charge is 2.33. The van der Waals surface area contributed by atoms with E-state index in [0.717, 1.165) is 44.5 Å². The van der Waals surface area contributed by atoms with E-state index in [1.165, 1.54) is 6.42 Å². The molecule has 1 aliphatic carbocycles. The molecule has 1 aromatic heterocycles. The molecule has 2 aliphatic heterocycles. The Hall–Kier alpha value is -2.11. The van der Waals surface area contributed by atoms with Crippen LogP contribution < -0.4 is 5.63 Å². The number of aryl methyl sites for hydroxylation is 1. The molecule has 6 heteroatoms. The van der Waals surface area contributed by atoms with E-state index in [9.17, 15) is 14.4 Å². The van der Waals surface area contributed by atoms with E-state index in [4.69, 9.17) is 4.42 Å². The minimum atomic E-state index is -0.517. The number of hydrogen-bond donors (Lipinski definition) is 0. The van der Waals surface area contributed by atoms with Crippen molar-refractivity contribution in [3.05, 3.63) is 33.4 Å². The summed E-state index contributed by atoms with van der Waals surface area (Å²) >= 11 is 0. The third kappa shape index (κ3) is 3.54. The predicted octanol–water partition coefficient (Wildman–Crippen LogP) is 2.69. The van der Waals surface area contributed by atoms with Crippen LogP contribution in [0, 0.1) is 12.8 Å². The van der Waals surface area contributed by atoms with Crippen LogP contribution in [0.2, 0.25) is 0 Å². The van der Waals surface area contributed by atoms with Crippen LogP contribution in [0.1, 0.15) is 72.5 Å². The van der Waals surface area contributed by atoms with Gasteiger partial charge in [0, 0.05) is 38.0 Å². The number of carbonyl (C=O) groups excluding carboxylic acids is 2. The minimum absolute atomic E-state index is 0.00523. The zero-order chi connectivity index (χ0) is 19.0. The lowest BCUT2D eigenvalue weighted by Crippen LogP contribution is -2.44. The molecule has 0 bridgehead atoms. The van der Waals surface area contributed by atoms with Crippen molar-refractivity contribution in [1.29, 1.82) is 0 Å². The topological polar surface area (TPSA) is 70.8 Å². The monoisotopic (exact) mass is 372 g/mol. The van der Waals surface area contributed by atoms with Gasteiger partial charge in [-0.15, -0.1) is 0 Å². The highest BCUT2D eigenvalue weighted by Crippen LogP contribution is 2.36. The Balaban J connectivity index is 1.42. The average molecular weight is 372 g/mol. The molecule has 0 spiro atoms. The van der Waals surface area contributed by atoms with Crippen LogP contribution in [0.4, 0.5) is 0 Å². The van der Waals surface area contributed by atoms with Gasteiger partial charge in [-0.2, -0.15) is 0 Å². The summed E-state index contributed by atoms with van der Waals surface area (Å²) in [6, 6.07) is 1.86. The van der Waals surface area contributed by atoms with E-state index in [1.54, 1.807) is 4.90 Å². The molecule has 0 radical (unpaired) electrons. The molecule has 3 heterocycles. The Morgan fingerprint density at radius 2 is 1.63 bits per heavy atom. The summed E-state index contributed by atoms with van der Waals surface area (Å²) in [6.45, 7) is 4.59. The first-order chi connectivity index (χ1) is 13.0. The number of likely N-dealkylation sites (tertiary alicyclic amines) is 2. The molecule has 3 fully saturated rings. The van der Waals surface area contributed by atoms with Crippen molar-refractivity contribution in [3.63, 3.8) is 0 Å². The molecule has 1 aromatic rings. The molecule has 0 unspecified atom stereocenters. The summed E-state index contributed by atoms with van der Waals surface area (Å²) in [5.41, 5.74) is 0.341. The van der Waals surface area contributed by atoms with E-state index < -0.39 is 5.63 Å². The normalized spacial score (nSPS) is 21.4. The third-order valence-corrected chi connectivity index (χ3v) is 6.44. The quantitative estimate of drug-likeness (QED) is 0.818. The van der Waals surface area contributed by atoms with Crippen molar-refractivity contribution in [2.45, 2.75) is 57.8 Å². The van der Waals surface area contributed by atoms with Gasteiger partial charge in [0.1, 0.15) is 11.3 Å². The Kier molecular flexibility index (Phi) is 5.06. The second kappa shape index (κ2) is 7.49. The lowest BCUT2D eigenvalue weighted by atomic mass is 9.83. The smallest absolute Gasteiger partial charge is 0.349 e. The molecule has 0 aromatic carbocycles. The molecular formula is C21H28N2O4. The van der Waals surface area contributed by atoms with Crippen molar-refractivity contribution in [3.8, 4) is 0 Å². The van der Waals surface area contributed by atoms with Crippen LogP contribution in [0.3, 0.4) is 0 Å². The van der Waals surface area contributed by atoms with Crippen molar-refractivity contribution < 1.29 is 14.0 Å². The zero-order valence-electron chi connectivity index (χ0n) is 16.0. The largest absolute Gasteiger partial charge is 0.427 e. The van der Waals surface area contributed by atoms with E-state index in [0.29, 0.717) is 37.4 Å². The van der Waals surface area contributed by atoms with Gasteiger partial charge in [-0.1, -0.05) is 6.42 Å². The van der Waals surface area contributed by atoms with Gasteiger partial charge < -0.3 is 14.2 Å². The molecule has 4 rings (SSSR count). The summed E-state index contributed by atoms with van der Waals surface area (Å²) in [7, 11) is 0. The van der Waals surface area contributed by atoms with Gasteiger partial charge in [0.25, 0.3) is 5.91 Å². The van der Waals surface area contributed by atoms with Gasteiger partial charge in [-0.3, -0.25) is 9.59 Å². The van der Waals surface area contributed by atoms with Crippen LogP contribution >= 0.6 is 0 Å². The van der Waals surface area contributed by atoms with Crippen LogP contribution in [0.25, 0.3) is 0 Å². The Labute approximate surface area is 159 Å². The van der Waals surface area contributed by atoms with Gasteiger partial charge in [0.2, 0.25) is 5.91 Å². The molecule has 27 heavy (non-hydrogen) atoms. The van der Waals surface area contributed by atoms with Gasteiger partial charge >= 0.3 is 5.63 Å². The minimum Gasteiger partial charge on any atom is -0.427 e. The Morgan fingerprint density at radius 1 is 0.963 bits per heavy atom. The van der Waals surface area contributed by atoms with Gasteiger partial charge in [-0.05, 0) is 57.1 Å². The molecule has 1 saturated carbocycles. The van der Waals surface area contributed by atoms with Crippen LogP contribution in [0.5, 0.6) is 0 Å². The first kappa shape index (κ1) is 18.3. The Bertz CT molecular complexity index is 782. The van der Waals surface area contributed by atoms with Crippen molar-refractivity contribution in [2.75, 3.05) is 26.2 Å². The predicted molar refractivity (Wildman–Crippen MR) is 101 cm³/mol. The number of rotatable bonds is 3. The van der Waals surface area contributed by atoms with Crippen LogP contribution in [-0.2, 0) is 4.79 Å². The second-order valence-electron chi connectivity index (χ2n) is 8.22. The molecule has 2 amide bonds. The second-order valence-corrected chi connectivity index (χ2v) is 8.22. The molecule has 146 valence electrons. The summed E-state index contributed by atoms with van der Waals surface area (Å²) < 4.78 is 5.47. The van der Waals surface area contributed by atoms with E-state index in [-0.39, 0.29) is 23.3 Å². The summed E-state index contributed by atoms with van der Waals surface area (Å²) in [4.78, 5) is 41.6. The maximum Gasteiger partial charge on any atom is 0.349 e. The average Bonchev–Trinajstić information content (AvgIpc) is 3.13. The number of carbonyl (C=O) groups is 2. The lowest BCUT2D eigenvalue weighted by Gasteiger charge is -2.33. The third-order valence-electron chi connectivity index (χ3n) is 6.44. The maximum absolute atomic E-state index is 12.9. The molecule has 6 nitrogen and oxygen atoms in total. The summed E-state index contributed by atoms with van der Waals surface area (Å²) in [6.07, 6.45) is 6.79. The molecule has 2 saturated heterocycles. The first-order valence-corrected chi connectivity index (χ1v) is 10.3. The molecule has 3 aliphatic rings. The highest BCUT2D eigenvalue weighted by molar-refractivity contribution is 5.95. The van der Waals surface area contributed by atoms with Crippen molar-refractivity contribution in [2.24, 2.45) is 5.92 Å². The molecule has 0 N–H and O–H groups in total. The number of amides is 2.